The molecule has 0 aliphatic rings. The van der Waals surface area contributed by atoms with Crippen molar-refractivity contribution in [1.82, 2.24) is 5.32 Å². The van der Waals surface area contributed by atoms with Crippen molar-refractivity contribution in [2.24, 2.45) is 5.73 Å². The van der Waals surface area contributed by atoms with E-state index in [0.717, 1.165) is 0 Å². The first kappa shape index (κ1) is 13.9. The largest absolute Gasteiger partial charge is 0.497 e. The van der Waals surface area contributed by atoms with E-state index in [1.165, 1.54) is 0 Å². The minimum Gasteiger partial charge on any atom is -0.497 e. The number of nitrogens with two attached hydrogens (primary N) is 1. The maximum absolute atomic E-state index is 11.9. The molecule has 1 unspecified atom stereocenters. The maximum atomic E-state index is 11.9. The standard InChI is InChI=1S/C11H13BrN2O2S/c1-6(10(13)17)14-11(15)8-5-7(16-2)3-4-9(8)12/h3-6H,1-2H3,(H2,13,17)(H,14,15). The molecule has 1 amide bonds. The van der Waals surface area contributed by atoms with Crippen LogP contribution in [0.25, 0.3) is 0 Å². The van der Waals surface area contributed by atoms with Crippen LogP contribution in [0.3, 0.4) is 0 Å². The molecule has 0 spiro atoms. The van der Waals surface area contributed by atoms with Gasteiger partial charge in [-0.25, -0.2) is 0 Å². The normalized spacial score (nSPS) is 11.7. The van der Waals surface area contributed by atoms with Gasteiger partial charge in [-0.3, -0.25) is 4.79 Å². The lowest BCUT2D eigenvalue weighted by Crippen LogP contribution is -2.41. The molecule has 0 saturated heterocycles. The predicted octanol–water partition coefficient (Wildman–Crippen LogP) is 1.86. The predicted molar refractivity (Wildman–Crippen MR) is 74.4 cm³/mol. The molecule has 0 aliphatic heterocycles. The lowest BCUT2D eigenvalue weighted by molar-refractivity contribution is 0.0948. The second-order valence-corrected chi connectivity index (χ2v) is 4.77. The van der Waals surface area contributed by atoms with Gasteiger partial charge in [0.25, 0.3) is 5.91 Å². The summed E-state index contributed by atoms with van der Waals surface area (Å²) in [7, 11) is 1.54. The number of rotatable bonds is 4. The molecule has 92 valence electrons. The maximum Gasteiger partial charge on any atom is 0.253 e. The topological polar surface area (TPSA) is 64.3 Å². The van der Waals surface area contributed by atoms with Crippen LogP contribution in [0.2, 0.25) is 0 Å². The molecule has 3 N–H and O–H groups in total. The molecule has 0 bridgehead atoms. The van der Waals surface area contributed by atoms with Crippen molar-refractivity contribution >= 4 is 39.0 Å². The summed E-state index contributed by atoms with van der Waals surface area (Å²) in [5, 5.41) is 2.70. The number of carbonyl (C=O) groups excluding carboxylic acids is 1. The summed E-state index contributed by atoms with van der Waals surface area (Å²) in [6.45, 7) is 1.73. The highest BCUT2D eigenvalue weighted by atomic mass is 79.9. The van der Waals surface area contributed by atoms with Crippen LogP contribution in [0, 0.1) is 0 Å². The van der Waals surface area contributed by atoms with Gasteiger partial charge in [-0.05, 0) is 41.1 Å². The molecular weight excluding hydrogens is 304 g/mol. The summed E-state index contributed by atoms with van der Waals surface area (Å²) in [6.07, 6.45) is 0. The van der Waals surface area contributed by atoms with Crippen molar-refractivity contribution in [3.8, 4) is 5.75 Å². The van der Waals surface area contributed by atoms with E-state index in [1.54, 1.807) is 32.2 Å². The van der Waals surface area contributed by atoms with Gasteiger partial charge in [-0.15, -0.1) is 0 Å². The number of benzene rings is 1. The molecule has 17 heavy (non-hydrogen) atoms. The Morgan fingerprint density at radius 2 is 2.24 bits per heavy atom. The van der Waals surface area contributed by atoms with Crippen LogP contribution in [0.5, 0.6) is 5.75 Å². The minimum atomic E-state index is -0.351. The highest BCUT2D eigenvalue weighted by Gasteiger charge is 2.14. The van der Waals surface area contributed by atoms with Gasteiger partial charge < -0.3 is 15.8 Å². The van der Waals surface area contributed by atoms with E-state index in [4.69, 9.17) is 22.7 Å². The lowest BCUT2D eigenvalue weighted by Gasteiger charge is -2.13. The van der Waals surface area contributed by atoms with Crippen LogP contribution in [-0.4, -0.2) is 24.0 Å². The molecule has 0 saturated carbocycles. The quantitative estimate of drug-likeness (QED) is 0.832. The molecule has 1 aromatic rings. The van der Waals surface area contributed by atoms with Crippen molar-refractivity contribution in [2.75, 3.05) is 7.11 Å². The fourth-order valence-corrected chi connectivity index (χ4v) is 1.64. The van der Waals surface area contributed by atoms with Gasteiger partial charge in [-0.1, -0.05) is 12.2 Å². The third-order valence-corrected chi connectivity index (χ3v) is 3.24. The zero-order chi connectivity index (χ0) is 13.0. The molecular formula is C11H13BrN2O2S. The average Bonchev–Trinajstić information content (AvgIpc) is 2.29. The van der Waals surface area contributed by atoms with E-state index in [9.17, 15) is 4.79 Å². The van der Waals surface area contributed by atoms with Gasteiger partial charge >= 0.3 is 0 Å². The second-order valence-electron chi connectivity index (χ2n) is 3.44. The van der Waals surface area contributed by atoms with Crippen LogP contribution in [0.4, 0.5) is 0 Å². The summed E-state index contributed by atoms with van der Waals surface area (Å²) in [5.41, 5.74) is 5.92. The van der Waals surface area contributed by atoms with Crippen molar-refractivity contribution in [1.29, 1.82) is 0 Å². The Kier molecular flexibility index (Phi) is 4.89. The Morgan fingerprint density at radius 3 is 2.76 bits per heavy atom. The number of nitrogens with one attached hydrogen (secondary N) is 1. The monoisotopic (exact) mass is 316 g/mol. The van der Waals surface area contributed by atoms with Gasteiger partial charge in [-0.2, -0.15) is 0 Å². The van der Waals surface area contributed by atoms with Gasteiger partial charge in [0.15, 0.2) is 0 Å². The van der Waals surface area contributed by atoms with Crippen LogP contribution < -0.4 is 15.8 Å². The zero-order valence-electron chi connectivity index (χ0n) is 9.49. The Bertz CT molecular complexity index is 451. The van der Waals surface area contributed by atoms with Crippen molar-refractivity contribution in [3.05, 3.63) is 28.2 Å². The van der Waals surface area contributed by atoms with Crippen molar-refractivity contribution in [2.45, 2.75) is 13.0 Å². The molecule has 0 aliphatic carbocycles. The van der Waals surface area contributed by atoms with Crippen LogP contribution in [-0.2, 0) is 0 Å². The number of carbonyl (C=O) groups is 1. The van der Waals surface area contributed by atoms with E-state index >= 15 is 0 Å². The minimum absolute atomic E-state index is 0.248. The lowest BCUT2D eigenvalue weighted by atomic mass is 10.2. The number of halogens is 1. The molecule has 1 aromatic carbocycles. The highest BCUT2D eigenvalue weighted by molar-refractivity contribution is 9.10. The third kappa shape index (κ3) is 3.67. The summed E-state index contributed by atoms with van der Waals surface area (Å²) < 4.78 is 5.75. The van der Waals surface area contributed by atoms with Crippen molar-refractivity contribution < 1.29 is 9.53 Å². The highest BCUT2D eigenvalue weighted by Crippen LogP contribution is 2.22. The third-order valence-electron chi connectivity index (χ3n) is 2.19. The van der Waals surface area contributed by atoms with Gasteiger partial charge in [0.05, 0.1) is 23.7 Å². The smallest absolute Gasteiger partial charge is 0.253 e. The molecule has 1 rings (SSSR count). The van der Waals surface area contributed by atoms with Crippen LogP contribution in [0.15, 0.2) is 22.7 Å². The van der Waals surface area contributed by atoms with E-state index in [0.29, 0.717) is 15.8 Å². The Morgan fingerprint density at radius 1 is 1.59 bits per heavy atom. The van der Waals surface area contributed by atoms with E-state index < -0.39 is 0 Å². The van der Waals surface area contributed by atoms with Crippen molar-refractivity contribution in [3.63, 3.8) is 0 Å². The zero-order valence-corrected chi connectivity index (χ0v) is 11.9. The van der Waals surface area contributed by atoms with E-state index in [-0.39, 0.29) is 16.9 Å². The summed E-state index contributed by atoms with van der Waals surface area (Å²) >= 11 is 8.10. The second kappa shape index (κ2) is 5.97. The molecule has 0 aromatic heterocycles. The van der Waals surface area contributed by atoms with Crippen LogP contribution in [0.1, 0.15) is 17.3 Å². The fraction of sp³-hybridized carbons (Fsp3) is 0.273. The molecule has 4 nitrogen and oxygen atoms in total. The first-order valence-electron chi connectivity index (χ1n) is 4.89. The molecule has 0 radical (unpaired) electrons. The molecule has 0 heterocycles. The summed E-state index contributed by atoms with van der Waals surface area (Å²) in [4.78, 5) is 12.2. The van der Waals surface area contributed by atoms with E-state index in [1.807, 2.05) is 0 Å². The Balaban J connectivity index is 2.91. The molecule has 0 fully saturated rings. The number of amides is 1. The number of thiocarbonyl (C=S) groups is 1. The van der Waals surface area contributed by atoms with Crippen LogP contribution >= 0.6 is 28.1 Å². The van der Waals surface area contributed by atoms with E-state index in [2.05, 4.69) is 21.2 Å². The van der Waals surface area contributed by atoms with Gasteiger partial charge in [0.2, 0.25) is 0 Å². The number of ether oxygens (including phenoxy) is 1. The van der Waals surface area contributed by atoms with Gasteiger partial charge in [0, 0.05) is 4.47 Å². The Labute approximate surface area is 114 Å². The number of methoxy groups -OCH3 is 1. The molecule has 1 atom stereocenters. The Hall–Kier alpha value is -1.14. The first-order valence-corrected chi connectivity index (χ1v) is 6.09. The fourth-order valence-electron chi connectivity index (χ4n) is 1.15. The summed E-state index contributed by atoms with van der Waals surface area (Å²) in [6, 6.07) is 4.80. The SMILES string of the molecule is COc1ccc(Br)c(C(=O)NC(C)C(N)=S)c1. The first-order chi connectivity index (χ1) is 7.95. The number of hydrogen-bond acceptors (Lipinski definition) is 3. The van der Waals surface area contributed by atoms with Gasteiger partial charge in [0.1, 0.15) is 5.75 Å². The summed E-state index contributed by atoms with van der Waals surface area (Å²) in [5.74, 6) is 0.359. The average molecular weight is 317 g/mol. The molecule has 6 heteroatoms. The number of hydrogen-bond donors (Lipinski definition) is 2.